The second kappa shape index (κ2) is 6.54. The van der Waals surface area contributed by atoms with Crippen LogP contribution in [0.25, 0.3) is 0 Å². The summed E-state index contributed by atoms with van der Waals surface area (Å²) < 4.78 is 13.9. The molecule has 0 saturated carbocycles. The van der Waals surface area contributed by atoms with E-state index in [-0.39, 0.29) is 37.2 Å². The number of carboxylic acids is 1. The third kappa shape index (κ3) is 3.14. The van der Waals surface area contributed by atoms with Crippen LogP contribution in [0, 0.1) is 11.2 Å². The fourth-order valence-electron chi connectivity index (χ4n) is 3.11. The van der Waals surface area contributed by atoms with Crippen molar-refractivity contribution in [2.45, 2.75) is 32.3 Å². The molecule has 0 aliphatic carbocycles. The lowest BCUT2D eigenvalue weighted by Gasteiger charge is -2.43. The SMILES string of the molecule is CCC[C@@]1(C(=O)O)CN(C(=O)c2ccc(O)cc2F)CC[C@H]1O. The summed E-state index contributed by atoms with van der Waals surface area (Å²) in [6.07, 6.45) is -0.157. The Labute approximate surface area is 133 Å². The van der Waals surface area contributed by atoms with E-state index in [1.54, 1.807) is 6.92 Å². The standard InChI is InChI=1S/C16H20FNO5/c1-2-6-16(15(22)23)9-18(7-5-13(16)20)14(21)11-4-3-10(19)8-12(11)17/h3-4,8,13,19-20H,2,5-7,9H2,1H3,(H,22,23)/t13-,16-/m1/s1. The summed E-state index contributed by atoms with van der Waals surface area (Å²) >= 11 is 0. The average Bonchev–Trinajstić information content (AvgIpc) is 2.49. The van der Waals surface area contributed by atoms with Crippen LogP contribution in [0.5, 0.6) is 5.75 Å². The Morgan fingerprint density at radius 2 is 2.13 bits per heavy atom. The maximum atomic E-state index is 13.9. The van der Waals surface area contributed by atoms with E-state index in [1.807, 2.05) is 0 Å². The van der Waals surface area contributed by atoms with Crippen molar-refractivity contribution < 1.29 is 29.3 Å². The number of piperidine rings is 1. The maximum Gasteiger partial charge on any atom is 0.314 e. The van der Waals surface area contributed by atoms with E-state index in [4.69, 9.17) is 0 Å². The zero-order valence-electron chi connectivity index (χ0n) is 12.8. The number of aliphatic carboxylic acids is 1. The van der Waals surface area contributed by atoms with Gasteiger partial charge in [0, 0.05) is 19.2 Å². The summed E-state index contributed by atoms with van der Waals surface area (Å²) in [6, 6.07) is 3.20. The van der Waals surface area contributed by atoms with Crippen molar-refractivity contribution in [3.63, 3.8) is 0 Å². The number of carbonyl (C=O) groups is 2. The molecule has 2 atom stereocenters. The Kier molecular flexibility index (Phi) is 4.89. The van der Waals surface area contributed by atoms with Gasteiger partial charge < -0.3 is 20.2 Å². The molecule has 0 unspecified atom stereocenters. The molecule has 1 aliphatic heterocycles. The fraction of sp³-hybridized carbons (Fsp3) is 0.500. The maximum absolute atomic E-state index is 13.9. The largest absolute Gasteiger partial charge is 0.508 e. The number of halogens is 1. The molecule has 1 aromatic carbocycles. The van der Waals surface area contributed by atoms with Gasteiger partial charge in [0.2, 0.25) is 0 Å². The molecule has 7 heteroatoms. The molecule has 1 saturated heterocycles. The Morgan fingerprint density at radius 3 is 2.70 bits per heavy atom. The van der Waals surface area contributed by atoms with Gasteiger partial charge in [-0.15, -0.1) is 0 Å². The molecule has 0 bridgehead atoms. The van der Waals surface area contributed by atoms with Gasteiger partial charge in [0.05, 0.1) is 11.7 Å². The molecule has 126 valence electrons. The third-order valence-electron chi connectivity index (χ3n) is 4.38. The van der Waals surface area contributed by atoms with Gasteiger partial charge in [0.25, 0.3) is 5.91 Å². The molecule has 1 aliphatic rings. The summed E-state index contributed by atoms with van der Waals surface area (Å²) in [5.41, 5.74) is -1.66. The number of amides is 1. The quantitative estimate of drug-likeness (QED) is 0.781. The summed E-state index contributed by atoms with van der Waals surface area (Å²) in [7, 11) is 0. The van der Waals surface area contributed by atoms with Gasteiger partial charge in [0.15, 0.2) is 0 Å². The molecular formula is C16H20FNO5. The molecule has 1 heterocycles. The summed E-state index contributed by atoms with van der Waals surface area (Å²) in [5, 5.41) is 28.9. The zero-order valence-corrected chi connectivity index (χ0v) is 12.8. The van der Waals surface area contributed by atoms with Crippen LogP contribution in [0.3, 0.4) is 0 Å². The molecule has 1 fully saturated rings. The first-order valence-electron chi connectivity index (χ1n) is 7.51. The highest BCUT2D eigenvalue weighted by molar-refractivity contribution is 5.95. The van der Waals surface area contributed by atoms with E-state index in [9.17, 15) is 29.3 Å². The monoisotopic (exact) mass is 325 g/mol. The summed E-state index contributed by atoms with van der Waals surface area (Å²) in [5.74, 6) is -2.96. The first-order chi connectivity index (χ1) is 10.8. The van der Waals surface area contributed by atoms with Gasteiger partial charge in [-0.05, 0) is 25.0 Å². The highest BCUT2D eigenvalue weighted by atomic mass is 19.1. The second-order valence-electron chi connectivity index (χ2n) is 5.91. The number of likely N-dealkylation sites (tertiary alicyclic amines) is 1. The van der Waals surface area contributed by atoms with E-state index in [2.05, 4.69) is 0 Å². The Balaban J connectivity index is 2.30. The Morgan fingerprint density at radius 1 is 1.43 bits per heavy atom. The van der Waals surface area contributed by atoms with Gasteiger partial charge in [-0.3, -0.25) is 9.59 Å². The van der Waals surface area contributed by atoms with Crippen molar-refractivity contribution >= 4 is 11.9 Å². The van der Waals surface area contributed by atoms with Gasteiger partial charge in [0.1, 0.15) is 17.0 Å². The average molecular weight is 325 g/mol. The minimum absolute atomic E-state index is 0.123. The number of hydrogen-bond donors (Lipinski definition) is 3. The van der Waals surface area contributed by atoms with Crippen molar-refractivity contribution in [2.24, 2.45) is 5.41 Å². The lowest BCUT2D eigenvalue weighted by Crippen LogP contribution is -2.57. The summed E-state index contributed by atoms with van der Waals surface area (Å²) in [4.78, 5) is 25.4. The number of aromatic hydroxyl groups is 1. The third-order valence-corrected chi connectivity index (χ3v) is 4.38. The molecule has 1 aromatic rings. The van der Waals surface area contributed by atoms with Crippen LogP contribution in [0.4, 0.5) is 4.39 Å². The van der Waals surface area contributed by atoms with Crippen LogP contribution >= 0.6 is 0 Å². The zero-order chi connectivity index (χ0) is 17.2. The molecular weight excluding hydrogens is 305 g/mol. The predicted molar refractivity (Wildman–Crippen MR) is 79.6 cm³/mol. The summed E-state index contributed by atoms with van der Waals surface area (Å²) in [6.45, 7) is 1.79. The predicted octanol–water partition coefficient (Wildman–Crippen LogP) is 1.61. The normalized spacial score (nSPS) is 24.5. The number of benzene rings is 1. The van der Waals surface area contributed by atoms with Gasteiger partial charge in [-0.25, -0.2) is 4.39 Å². The molecule has 0 radical (unpaired) electrons. The van der Waals surface area contributed by atoms with Crippen LogP contribution in [0.15, 0.2) is 18.2 Å². The highest BCUT2D eigenvalue weighted by Gasteiger charge is 2.49. The van der Waals surface area contributed by atoms with Crippen LogP contribution in [0.2, 0.25) is 0 Å². The smallest absolute Gasteiger partial charge is 0.314 e. The van der Waals surface area contributed by atoms with Crippen LogP contribution in [-0.2, 0) is 4.79 Å². The molecule has 23 heavy (non-hydrogen) atoms. The first-order valence-corrected chi connectivity index (χ1v) is 7.51. The van der Waals surface area contributed by atoms with Crippen molar-refractivity contribution in [3.05, 3.63) is 29.6 Å². The van der Waals surface area contributed by atoms with Crippen molar-refractivity contribution in [2.75, 3.05) is 13.1 Å². The molecule has 1 amide bonds. The lowest BCUT2D eigenvalue weighted by molar-refractivity contribution is -0.162. The van der Waals surface area contributed by atoms with Gasteiger partial charge in [-0.1, -0.05) is 13.3 Å². The fourth-order valence-corrected chi connectivity index (χ4v) is 3.11. The minimum Gasteiger partial charge on any atom is -0.508 e. The van der Waals surface area contributed by atoms with E-state index in [1.165, 1.54) is 17.0 Å². The first kappa shape index (κ1) is 17.2. The Bertz CT molecular complexity index is 620. The van der Waals surface area contributed by atoms with Crippen molar-refractivity contribution in [1.29, 1.82) is 0 Å². The Hall–Kier alpha value is -2.15. The highest BCUT2D eigenvalue weighted by Crippen LogP contribution is 2.36. The number of rotatable bonds is 4. The van der Waals surface area contributed by atoms with Crippen LogP contribution in [0.1, 0.15) is 36.5 Å². The van der Waals surface area contributed by atoms with Crippen LogP contribution in [-0.4, -0.2) is 51.3 Å². The molecule has 0 spiro atoms. The minimum atomic E-state index is -1.43. The van der Waals surface area contributed by atoms with Crippen LogP contribution < -0.4 is 0 Å². The lowest BCUT2D eigenvalue weighted by atomic mass is 9.74. The number of aliphatic hydroxyl groups excluding tert-OH is 1. The topological polar surface area (TPSA) is 98.1 Å². The van der Waals surface area contributed by atoms with E-state index in [0.717, 1.165) is 6.07 Å². The van der Waals surface area contributed by atoms with E-state index < -0.39 is 29.2 Å². The molecule has 2 rings (SSSR count). The molecule has 0 aromatic heterocycles. The number of phenols is 1. The molecule has 3 N–H and O–H groups in total. The van der Waals surface area contributed by atoms with Gasteiger partial charge >= 0.3 is 5.97 Å². The number of carbonyl (C=O) groups excluding carboxylic acids is 1. The van der Waals surface area contributed by atoms with Gasteiger partial charge in [-0.2, -0.15) is 0 Å². The number of nitrogens with zero attached hydrogens (tertiary/aromatic N) is 1. The van der Waals surface area contributed by atoms with Crippen molar-refractivity contribution in [1.82, 2.24) is 4.90 Å². The number of phenolic OH excluding ortho intramolecular Hbond substituents is 1. The van der Waals surface area contributed by atoms with E-state index in [0.29, 0.717) is 6.42 Å². The van der Waals surface area contributed by atoms with E-state index >= 15 is 0 Å². The van der Waals surface area contributed by atoms with Crippen molar-refractivity contribution in [3.8, 4) is 5.75 Å². The number of carboxylic acid groups (broad SMARTS) is 1. The number of hydrogen-bond acceptors (Lipinski definition) is 4. The number of aliphatic hydroxyl groups is 1. The second-order valence-corrected chi connectivity index (χ2v) is 5.91. The molecule has 6 nitrogen and oxygen atoms in total.